The normalized spacial score (nSPS) is 16.2. The second-order valence-corrected chi connectivity index (χ2v) is 5.81. The number of pyridine rings is 1. The van der Waals surface area contributed by atoms with Crippen molar-refractivity contribution in [1.82, 2.24) is 19.7 Å². The van der Waals surface area contributed by atoms with Gasteiger partial charge in [0.1, 0.15) is 0 Å². The van der Waals surface area contributed by atoms with Crippen LogP contribution >= 0.6 is 12.2 Å². The first-order chi connectivity index (χ1) is 9.74. The number of methoxy groups -OCH3 is 1. The molecule has 0 amide bonds. The fourth-order valence-electron chi connectivity index (χ4n) is 2.50. The molecule has 0 saturated heterocycles. The van der Waals surface area contributed by atoms with Crippen molar-refractivity contribution in [2.24, 2.45) is 5.41 Å². The van der Waals surface area contributed by atoms with E-state index in [1.54, 1.807) is 13.3 Å². The molecule has 20 heavy (non-hydrogen) atoms. The first kappa shape index (κ1) is 13.5. The van der Waals surface area contributed by atoms with Crippen molar-refractivity contribution in [3.63, 3.8) is 0 Å². The molecule has 5 nitrogen and oxygen atoms in total. The van der Waals surface area contributed by atoms with E-state index in [1.165, 1.54) is 12.8 Å². The maximum Gasteiger partial charge on any atom is 0.195 e. The molecule has 0 spiro atoms. The Labute approximate surface area is 123 Å². The van der Waals surface area contributed by atoms with Crippen molar-refractivity contribution in [3.8, 4) is 11.4 Å². The Morgan fingerprint density at radius 1 is 1.50 bits per heavy atom. The Balaban J connectivity index is 1.87. The Bertz CT molecular complexity index is 630. The zero-order chi connectivity index (χ0) is 14.0. The Morgan fingerprint density at radius 2 is 2.35 bits per heavy atom. The van der Waals surface area contributed by atoms with Gasteiger partial charge in [-0.2, -0.15) is 5.10 Å². The summed E-state index contributed by atoms with van der Waals surface area (Å²) in [4.78, 5) is 4.15. The van der Waals surface area contributed by atoms with Crippen LogP contribution in [0.2, 0.25) is 0 Å². The van der Waals surface area contributed by atoms with Crippen LogP contribution in [0.4, 0.5) is 0 Å². The summed E-state index contributed by atoms with van der Waals surface area (Å²) in [6.45, 7) is 1.70. The van der Waals surface area contributed by atoms with Crippen molar-refractivity contribution in [1.29, 1.82) is 0 Å². The van der Waals surface area contributed by atoms with E-state index >= 15 is 0 Å². The Morgan fingerprint density at radius 3 is 3.00 bits per heavy atom. The molecule has 2 heterocycles. The largest absolute Gasteiger partial charge is 0.385 e. The van der Waals surface area contributed by atoms with Crippen LogP contribution < -0.4 is 0 Å². The average molecular weight is 290 g/mol. The zero-order valence-electron chi connectivity index (χ0n) is 11.5. The Hall–Kier alpha value is -1.53. The number of rotatable bonds is 6. The minimum absolute atomic E-state index is 0.328. The third kappa shape index (κ3) is 2.66. The lowest BCUT2D eigenvalue weighted by Crippen LogP contribution is -2.15. The SMILES string of the molecule is COCCC1(Cn2c(-c3cccnc3)n[nH]c2=S)CC1. The summed E-state index contributed by atoms with van der Waals surface area (Å²) in [7, 11) is 1.75. The molecule has 1 fully saturated rings. The van der Waals surface area contributed by atoms with E-state index in [9.17, 15) is 0 Å². The van der Waals surface area contributed by atoms with Gasteiger partial charge in [-0.25, -0.2) is 0 Å². The van der Waals surface area contributed by atoms with Crippen molar-refractivity contribution in [2.75, 3.05) is 13.7 Å². The van der Waals surface area contributed by atoms with Crippen LogP contribution in [-0.4, -0.2) is 33.5 Å². The average Bonchev–Trinajstić information content (AvgIpc) is 3.16. The number of aromatic amines is 1. The lowest BCUT2D eigenvalue weighted by Gasteiger charge is -2.16. The lowest BCUT2D eigenvalue weighted by atomic mass is 10.0. The summed E-state index contributed by atoms with van der Waals surface area (Å²) in [6, 6.07) is 3.92. The highest BCUT2D eigenvalue weighted by molar-refractivity contribution is 7.71. The molecule has 0 radical (unpaired) electrons. The van der Waals surface area contributed by atoms with Gasteiger partial charge in [-0.15, -0.1) is 0 Å². The van der Waals surface area contributed by atoms with Crippen LogP contribution in [0.15, 0.2) is 24.5 Å². The van der Waals surface area contributed by atoms with Gasteiger partial charge in [-0.1, -0.05) is 0 Å². The highest BCUT2D eigenvalue weighted by atomic mass is 32.1. The maximum atomic E-state index is 5.37. The molecule has 106 valence electrons. The van der Waals surface area contributed by atoms with Crippen LogP contribution in [0.1, 0.15) is 19.3 Å². The maximum absolute atomic E-state index is 5.37. The van der Waals surface area contributed by atoms with Gasteiger partial charge in [0.25, 0.3) is 0 Å². The second kappa shape index (κ2) is 5.46. The van der Waals surface area contributed by atoms with Gasteiger partial charge in [0.05, 0.1) is 0 Å². The van der Waals surface area contributed by atoms with Gasteiger partial charge >= 0.3 is 0 Å². The molecule has 2 aromatic heterocycles. The van der Waals surface area contributed by atoms with Gasteiger partial charge in [-0.3, -0.25) is 14.6 Å². The summed E-state index contributed by atoms with van der Waals surface area (Å²) in [6.07, 6.45) is 7.11. The van der Waals surface area contributed by atoms with Gasteiger partial charge in [0.2, 0.25) is 0 Å². The number of hydrogen-bond donors (Lipinski definition) is 1. The molecule has 1 aliphatic carbocycles. The molecular formula is C14H18N4OS. The molecule has 1 aliphatic rings. The van der Waals surface area contributed by atoms with E-state index in [4.69, 9.17) is 17.0 Å². The van der Waals surface area contributed by atoms with Crippen LogP contribution in [0.5, 0.6) is 0 Å². The van der Waals surface area contributed by atoms with Crippen LogP contribution in [0, 0.1) is 10.2 Å². The molecule has 1 N–H and O–H groups in total. The predicted molar refractivity (Wildman–Crippen MR) is 78.8 cm³/mol. The van der Waals surface area contributed by atoms with Crippen LogP contribution in [-0.2, 0) is 11.3 Å². The number of nitrogens with one attached hydrogen (secondary N) is 1. The molecular weight excluding hydrogens is 272 g/mol. The molecule has 2 aromatic rings. The number of nitrogens with zero attached hydrogens (tertiary/aromatic N) is 3. The molecule has 0 atom stereocenters. The van der Waals surface area contributed by atoms with Crippen LogP contribution in [0.3, 0.4) is 0 Å². The first-order valence-corrected chi connectivity index (χ1v) is 7.19. The third-order valence-corrected chi connectivity index (χ3v) is 4.28. The van der Waals surface area contributed by atoms with Crippen molar-refractivity contribution in [2.45, 2.75) is 25.8 Å². The number of ether oxygens (including phenoxy) is 1. The van der Waals surface area contributed by atoms with Crippen molar-refractivity contribution in [3.05, 3.63) is 29.3 Å². The van der Waals surface area contributed by atoms with E-state index in [0.29, 0.717) is 10.2 Å². The summed E-state index contributed by atoms with van der Waals surface area (Å²) >= 11 is 5.37. The zero-order valence-corrected chi connectivity index (χ0v) is 12.3. The minimum Gasteiger partial charge on any atom is -0.385 e. The Kier molecular flexibility index (Phi) is 3.67. The summed E-state index contributed by atoms with van der Waals surface area (Å²) in [5, 5.41) is 7.25. The molecule has 1 saturated carbocycles. The fraction of sp³-hybridized carbons (Fsp3) is 0.500. The topological polar surface area (TPSA) is 55.7 Å². The molecule has 0 aliphatic heterocycles. The second-order valence-electron chi connectivity index (χ2n) is 5.42. The minimum atomic E-state index is 0.328. The molecule has 0 bridgehead atoms. The summed E-state index contributed by atoms with van der Waals surface area (Å²) in [5.41, 5.74) is 1.32. The lowest BCUT2D eigenvalue weighted by molar-refractivity contribution is 0.167. The summed E-state index contributed by atoms with van der Waals surface area (Å²) in [5.74, 6) is 0.867. The standard InChI is InChI=1S/C14H18N4OS/c1-19-8-6-14(4-5-14)10-18-12(16-17-13(18)20)11-3-2-7-15-9-11/h2-3,7,9H,4-6,8,10H2,1H3,(H,17,20). The van der Waals surface area contributed by atoms with Gasteiger partial charge < -0.3 is 4.74 Å². The quantitative estimate of drug-likeness (QED) is 0.831. The fourth-order valence-corrected chi connectivity index (χ4v) is 2.69. The van der Waals surface area contributed by atoms with Gasteiger partial charge in [-0.05, 0) is 49.0 Å². The molecule has 6 heteroatoms. The summed E-state index contributed by atoms with van der Waals surface area (Å²) < 4.78 is 7.98. The monoisotopic (exact) mass is 290 g/mol. The van der Waals surface area contributed by atoms with Crippen LogP contribution in [0.25, 0.3) is 11.4 Å². The highest BCUT2D eigenvalue weighted by Crippen LogP contribution is 2.50. The van der Waals surface area contributed by atoms with E-state index in [-0.39, 0.29) is 0 Å². The number of hydrogen-bond acceptors (Lipinski definition) is 4. The molecule has 0 aromatic carbocycles. The van der Waals surface area contributed by atoms with Crippen molar-refractivity contribution >= 4 is 12.2 Å². The highest BCUT2D eigenvalue weighted by Gasteiger charge is 2.42. The van der Waals surface area contributed by atoms with Gasteiger partial charge in [0, 0.05) is 38.2 Å². The third-order valence-electron chi connectivity index (χ3n) is 3.97. The number of aromatic nitrogens is 4. The van der Waals surface area contributed by atoms with E-state index in [1.807, 2.05) is 18.3 Å². The predicted octanol–water partition coefficient (Wildman–Crippen LogP) is 2.82. The number of H-pyrrole nitrogens is 1. The first-order valence-electron chi connectivity index (χ1n) is 6.79. The van der Waals surface area contributed by atoms with Crippen molar-refractivity contribution < 1.29 is 4.74 Å². The smallest absolute Gasteiger partial charge is 0.195 e. The molecule has 0 unspecified atom stereocenters. The van der Waals surface area contributed by atoms with Gasteiger partial charge in [0.15, 0.2) is 10.6 Å². The molecule has 3 rings (SSSR count). The van der Waals surface area contributed by atoms with E-state index in [0.717, 1.165) is 31.0 Å². The van der Waals surface area contributed by atoms with E-state index < -0.39 is 0 Å². The van der Waals surface area contributed by atoms with E-state index in [2.05, 4.69) is 19.7 Å².